The van der Waals surface area contributed by atoms with Crippen LogP contribution in [0.15, 0.2) is 23.2 Å². The molecule has 1 aromatic rings. The van der Waals surface area contributed by atoms with E-state index in [-0.39, 0.29) is 42.3 Å². The predicted octanol–water partition coefficient (Wildman–Crippen LogP) is 2.62. The van der Waals surface area contributed by atoms with Crippen LogP contribution in [0.5, 0.6) is 5.75 Å². The van der Waals surface area contributed by atoms with Crippen molar-refractivity contribution in [2.45, 2.75) is 26.8 Å². The molecule has 1 fully saturated rings. The smallest absolute Gasteiger partial charge is 0.215 e. The highest BCUT2D eigenvalue weighted by Gasteiger charge is 2.23. The molecule has 1 aliphatic heterocycles. The zero-order chi connectivity index (χ0) is 20.6. The second-order valence-corrected chi connectivity index (χ2v) is 10.0. The Labute approximate surface area is 196 Å². The Morgan fingerprint density at radius 3 is 2.66 bits per heavy atom. The second-order valence-electron chi connectivity index (χ2n) is 6.70. The summed E-state index contributed by atoms with van der Waals surface area (Å²) >= 11 is 1.79. The first kappa shape index (κ1) is 26.3. The number of benzene rings is 1. The third-order valence-corrected chi connectivity index (χ3v) is 7.32. The number of thioether (sulfide) groups is 1. The van der Waals surface area contributed by atoms with E-state index in [4.69, 9.17) is 4.74 Å². The fraction of sp³-hybridized carbons (Fsp3) is 0.632. The molecule has 1 atom stereocenters. The molecular weight excluding hydrogens is 523 g/mol. The van der Waals surface area contributed by atoms with Crippen LogP contribution in [0.4, 0.5) is 0 Å². The van der Waals surface area contributed by atoms with Crippen LogP contribution in [0.2, 0.25) is 0 Å². The van der Waals surface area contributed by atoms with E-state index in [9.17, 15) is 8.42 Å². The number of methoxy groups -OCH3 is 1. The predicted molar refractivity (Wildman–Crippen MR) is 133 cm³/mol. The van der Waals surface area contributed by atoms with Crippen molar-refractivity contribution < 1.29 is 13.2 Å². The molecule has 0 aromatic heterocycles. The van der Waals surface area contributed by atoms with Crippen molar-refractivity contribution in [3.63, 3.8) is 0 Å². The van der Waals surface area contributed by atoms with E-state index >= 15 is 0 Å². The molecule has 166 valence electrons. The van der Waals surface area contributed by atoms with Crippen molar-refractivity contribution in [2.75, 3.05) is 50.5 Å². The second kappa shape index (κ2) is 12.9. The van der Waals surface area contributed by atoms with E-state index in [0.29, 0.717) is 25.6 Å². The van der Waals surface area contributed by atoms with Gasteiger partial charge < -0.3 is 15.4 Å². The molecule has 0 bridgehead atoms. The summed E-state index contributed by atoms with van der Waals surface area (Å²) in [6.45, 7) is 8.17. The molecule has 1 aromatic carbocycles. The van der Waals surface area contributed by atoms with Crippen molar-refractivity contribution >= 4 is 51.7 Å². The standard InChI is InChI=1S/C19H32N4O3S2.HI/c1-5-20-19(21-8-13-28(24,25)23-9-11-27-12-10-23)22-16(3)17-14-15(2)6-7-18(17)26-4;/h6-7,14,16H,5,8-13H2,1-4H3,(H2,20,21,22);1H. The van der Waals surface area contributed by atoms with Gasteiger partial charge in [-0.25, -0.2) is 12.7 Å². The van der Waals surface area contributed by atoms with E-state index in [0.717, 1.165) is 28.4 Å². The van der Waals surface area contributed by atoms with Crippen LogP contribution < -0.4 is 15.4 Å². The summed E-state index contributed by atoms with van der Waals surface area (Å²) in [6, 6.07) is 6.01. The molecule has 0 amide bonds. The van der Waals surface area contributed by atoms with Gasteiger partial charge in [-0.05, 0) is 26.8 Å². The SMILES string of the molecule is CCNC(=NCCS(=O)(=O)N1CCSCC1)NC(C)c1cc(C)ccc1OC.I. The molecule has 1 heterocycles. The maximum absolute atomic E-state index is 12.5. The Hall–Kier alpha value is -0.720. The van der Waals surface area contributed by atoms with E-state index in [1.165, 1.54) is 0 Å². The number of hydrogen-bond acceptors (Lipinski definition) is 5. The van der Waals surface area contributed by atoms with Crippen LogP contribution in [-0.4, -0.2) is 69.2 Å². The number of nitrogens with zero attached hydrogens (tertiary/aromatic N) is 2. The van der Waals surface area contributed by atoms with Crippen LogP contribution >= 0.6 is 35.7 Å². The summed E-state index contributed by atoms with van der Waals surface area (Å²) in [7, 11) is -1.60. The minimum Gasteiger partial charge on any atom is -0.496 e. The molecular formula is C19H33IN4O3S2. The Morgan fingerprint density at radius 1 is 1.34 bits per heavy atom. The van der Waals surface area contributed by atoms with Crippen molar-refractivity contribution in [1.82, 2.24) is 14.9 Å². The molecule has 7 nitrogen and oxygen atoms in total. The van der Waals surface area contributed by atoms with Gasteiger partial charge in [0.05, 0.1) is 25.4 Å². The van der Waals surface area contributed by atoms with E-state index < -0.39 is 10.0 Å². The normalized spacial score (nSPS) is 16.6. The Bertz CT molecular complexity index is 769. The molecule has 10 heteroatoms. The number of hydrogen-bond donors (Lipinski definition) is 2. The Balaban J connectivity index is 0.00000420. The number of aliphatic imine (C=N–C) groups is 1. The van der Waals surface area contributed by atoms with Gasteiger partial charge in [0, 0.05) is 36.7 Å². The summed E-state index contributed by atoms with van der Waals surface area (Å²) in [5.41, 5.74) is 2.18. The van der Waals surface area contributed by atoms with Crippen molar-refractivity contribution in [3.8, 4) is 5.75 Å². The number of halogens is 1. The summed E-state index contributed by atoms with van der Waals surface area (Å²) in [5, 5.41) is 6.54. The lowest BCUT2D eigenvalue weighted by atomic mass is 10.0. The summed E-state index contributed by atoms with van der Waals surface area (Å²) in [4.78, 5) is 4.48. The number of guanidine groups is 1. The van der Waals surface area contributed by atoms with Gasteiger partial charge in [-0.2, -0.15) is 11.8 Å². The van der Waals surface area contributed by atoms with Gasteiger partial charge in [0.2, 0.25) is 10.0 Å². The quantitative estimate of drug-likeness (QED) is 0.291. The van der Waals surface area contributed by atoms with Gasteiger partial charge in [-0.15, -0.1) is 24.0 Å². The summed E-state index contributed by atoms with van der Waals surface area (Å²) in [5.74, 6) is 3.16. The third-order valence-electron chi connectivity index (χ3n) is 4.53. The van der Waals surface area contributed by atoms with Gasteiger partial charge in [0.1, 0.15) is 5.75 Å². The molecule has 2 N–H and O–H groups in total. The van der Waals surface area contributed by atoms with Crippen LogP contribution in [0, 0.1) is 6.92 Å². The highest BCUT2D eigenvalue weighted by Crippen LogP contribution is 2.26. The van der Waals surface area contributed by atoms with Crippen molar-refractivity contribution in [3.05, 3.63) is 29.3 Å². The number of rotatable bonds is 8. The lowest BCUT2D eigenvalue weighted by Crippen LogP contribution is -2.41. The molecule has 2 rings (SSSR count). The maximum atomic E-state index is 12.5. The molecule has 1 aliphatic rings. The first-order chi connectivity index (χ1) is 13.4. The Morgan fingerprint density at radius 2 is 2.03 bits per heavy atom. The zero-order valence-corrected chi connectivity index (χ0v) is 21.6. The first-order valence-electron chi connectivity index (χ1n) is 9.62. The molecule has 29 heavy (non-hydrogen) atoms. The zero-order valence-electron chi connectivity index (χ0n) is 17.6. The minimum absolute atomic E-state index is 0. The molecule has 1 unspecified atom stereocenters. The summed E-state index contributed by atoms with van der Waals surface area (Å²) in [6.07, 6.45) is 0. The highest BCUT2D eigenvalue weighted by atomic mass is 127. The molecule has 0 spiro atoms. The van der Waals surface area contributed by atoms with Gasteiger partial charge in [-0.1, -0.05) is 17.7 Å². The Kier molecular flexibility index (Phi) is 11.7. The van der Waals surface area contributed by atoms with Crippen LogP contribution in [-0.2, 0) is 10.0 Å². The minimum atomic E-state index is -3.25. The van der Waals surface area contributed by atoms with Gasteiger partial charge in [0.25, 0.3) is 0 Å². The van der Waals surface area contributed by atoms with E-state index in [1.54, 1.807) is 23.2 Å². The van der Waals surface area contributed by atoms with Crippen molar-refractivity contribution in [2.24, 2.45) is 4.99 Å². The average molecular weight is 557 g/mol. The first-order valence-corrected chi connectivity index (χ1v) is 12.4. The van der Waals surface area contributed by atoms with Gasteiger partial charge >= 0.3 is 0 Å². The largest absolute Gasteiger partial charge is 0.496 e. The number of aryl methyl sites for hydroxylation is 1. The number of ether oxygens (including phenoxy) is 1. The fourth-order valence-corrected chi connectivity index (χ4v) is 5.48. The number of sulfonamides is 1. The fourth-order valence-electron chi connectivity index (χ4n) is 3.02. The van der Waals surface area contributed by atoms with E-state index in [2.05, 4.69) is 21.7 Å². The van der Waals surface area contributed by atoms with Crippen LogP contribution in [0.1, 0.15) is 31.0 Å². The maximum Gasteiger partial charge on any atom is 0.215 e. The molecule has 0 aliphatic carbocycles. The lowest BCUT2D eigenvalue weighted by Gasteiger charge is -2.25. The molecule has 0 radical (unpaired) electrons. The average Bonchev–Trinajstić information content (AvgIpc) is 2.68. The van der Waals surface area contributed by atoms with Gasteiger partial charge in [0.15, 0.2) is 5.96 Å². The van der Waals surface area contributed by atoms with Crippen LogP contribution in [0.3, 0.4) is 0 Å². The molecule has 1 saturated heterocycles. The van der Waals surface area contributed by atoms with Crippen molar-refractivity contribution in [1.29, 1.82) is 0 Å². The molecule has 0 saturated carbocycles. The van der Waals surface area contributed by atoms with Gasteiger partial charge in [-0.3, -0.25) is 4.99 Å². The third kappa shape index (κ3) is 8.14. The summed E-state index contributed by atoms with van der Waals surface area (Å²) < 4.78 is 32.0. The monoisotopic (exact) mass is 556 g/mol. The van der Waals surface area contributed by atoms with E-state index in [1.807, 2.05) is 32.9 Å². The highest BCUT2D eigenvalue weighted by molar-refractivity contribution is 14.0. The topological polar surface area (TPSA) is 83.0 Å². The van der Waals surface area contributed by atoms with Crippen LogP contribution in [0.25, 0.3) is 0 Å². The number of nitrogens with one attached hydrogen (secondary N) is 2. The lowest BCUT2D eigenvalue weighted by molar-refractivity contribution is 0.405.